The van der Waals surface area contributed by atoms with Crippen LogP contribution in [0.2, 0.25) is 0 Å². The number of hydrogen-bond acceptors (Lipinski definition) is 3. The highest BCUT2D eigenvalue weighted by Gasteiger charge is 2.13. The number of nitrogens with one attached hydrogen (secondary N) is 2. The Morgan fingerprint density at radius 2 is 1.84 bits per heavy atom. The molecular formula is C26H23N3O2. The van der Waals surface area contributed by atoms with Crippen molar-refractivity contribution in [2.24, 2.45) is 0 Å². The second-order valence-electron chi connectivity index (χ2n) is 7.60. The van der Waals surface area contributed by atoms with Crippen molar-refractivity contribution in [1.29, 1.82) is 5.26 Å². The summed E-state index contributed by atoms with van der Waals surface area (Å²) in [4.78, 5) is 16.1. The Hall–Kier alpha value is -4.04. The number of fused-ring (bicyclic) bond motifs is 1. The molecule has 0 bridgehead atoms. The number of carbonyl (C=O) groups excluding carboxylic acids is 1. The van der Waals surface area contributed by atoms with E-state index < -0.39 is 0 Å². The first kappa shape index (κ1) is 20.2. The minimum absolute atomic E-state index is 0.193. The number of amides is 1. The van der Waals surface area contributed by atoms with Crippen LogP contribution in [0.1, 0.15) is 32.7 Å². The van der Waals surface area contributed by atoms with E-state index in [1.165, 1.54) is 0 Å². The minimum Gasteiger partial charge on any atom is -0.489 e. The lowest BCUT2D eigenvalue weighted by Crippen LogP contribution is -2.14. The Balaban J connectivity index is 1.49. The smallest absolute Gasteiger partial charge is 0.272 e. The zero-order valence-electron chi connectivity index (χ0n) is 17.5. The fourth-order valence-electron chi connectivity index (χ4n) is 3.64. The summed E-state index contributed by atoms with van der Waals surface area (Å²) < 4.78 is 5.89. The molecule has 5 nitrogen and oxygen atoms in total. The summed E-state index contributed by atoms with van der Waals surface area (Å²) >= 11 is 0. The van der Waals surface area contributed by atoms with E-state index in [0.29, 0.717) is 30.2 Å². The van der Waals surface area contributed by atoms with Gasteiger partial charge in [0.05, 0.1) is 12.5 Å². The maximum atomic E-state index is 12.9. The summed E-state index contributed by atoms with van der Waals surface area (Å²) in [6.45, 7) is 4.41. The first-order valence-corrected chi connectivity index (χ1v) is 10.1. The molecule has 0 saturated heterocycles. The minimum atomic E-state index is -0.193. The third kappa shape index (κ3) is 4.59. The van der Waals surface area contributed by atoms with Crippen LogP contribution in [0.15, 0.2) is 66.7 Å². The van der Waals surface area contributed by atoms with Gasteiger partial charge in [-0.1, -0.05) is 36.4 Å². The molecule has 1 heterocycles. The molecule has 0 saturated carbocycles. The van der Waals surface area contributed by atoms with Crippen LogP contribution in [-0.4, -0.2) is 10.9 Å². The summed E-state index contributed by atoms with van der Waals surface area (Å²) in [5.74, 6) is 0.519. The monoisotopic (exact) mass is 409 g/mol. The molecule has 0 unspecified atom stereocenters. The van der Waals surface area contributed by atoms with Crippen molar-refractivity contribution in [3.8, 4) is 11.8 Å². The normalized spacial score (nSPS) is 10.6. The summed E-state index contributed by atoms with van der Waals surface area (Å²) in [6, 6.07) is 23.2. The summed E-state index contributed by atoms with van der Waals surface area (Å²) in [5.41, 5.74) is 6.31. The van der Waals surface area contributed by atoms with Crippen LogP contribution in [0.5, 0.6) is 5.75 Å². The van der Waals surface area contributed by atoms with E-state index >= 15 is 0 Å². The number of nitrogens with zero attached hydrogens (tertiary/aromatic N) is 1. The Morgan fingerprint density at radius 3 is 2.61 bits per heavy atom. The van der Waals surface area contributed by atoms with Gasteiger partial charge in [0.25, 0.3) is 5.91 Å². The largest absolute Gasteiger partial charge is 0.489 e. The van der Waals surface area contributed by atoms with Crippen LogP contribution >= 0.6 is 0 Å². The van der Waals surface area contributed by atoms with Crippen molar-refractivity contribution < 1.29 is 9.53 Å². The molecule has 3 aromatic carbocycles. The molecule has 0 aliphatic rings. The second-order valence-corrected chi connectivity index (χ2v) is 7.60. The average Bonchev–Trinajstić information content (AvgIpc) is 3.19. The Morgan fingerprint density at radius 1 is 1.06 bits per heavy atom. The number of anilines is 1. The third-order valence-electron chi connectivity index (χ3n) is 5.20. The number of rotatable bonds is 6. The summed E-state index contributed by atoms with van der Waals surface area (Å²) in [5, 5.41) is 12.8. The molecule has 4 aromatic rings. The Bertz CT molecular complexity index is 1280. The van der Waals surface area contributed by atoms with Gasteiger partial charge in [-0.3, -0.25) is 4.79 Å². The van der Waals surface area contributed by atoms with Gasteiger partial charge in [0, 0.05) is 22.2 Å². The number of H-pyrrole nitrogens is 1. The van der Waals surface area contributed by atoms with Crippen molar-refractivity contribution in [1.82, 2.24) is 4.98 Å². The quantitative estimate of drug-likeness (QED) is 0.430. The van der Waals surface area contributed by atoms with Gasteiger partial charge in [0.1, 0.15) is 18.1 Å². The number of benzene rings is 3. The number of ether oxygens (including phenoxy) is 1. The number of nitriles is 1. The fourth-order valence-corrected chi connectivity index (χ4v) is 3.64. The molecule has 1 amide bonds. The van der Waals surface area contributed by atoms with Crippen LogP contribution in [0.4, 0.5) is 5.69 Å². The maximum Gasteiger partial charge on any atom is 0.272 e. The van der Waals surface area contributed by atoms with Crippen molar-refractivity contribution in [2.45, 2.75) is 26.9 Å². The van der Waals surface area contributed by atoms with Crippen molar-refractivity contribution in [2.75, 3.05) is 5.32 Å². The molecule has 0 atom stereocenters. The van der Waals surface area contributed by atoms with E-state index in [4.69, 9.17) is 10.00 Å². The van der Waals surface area contributed by atoms with E-state index in [0.717, 1.165) is 33.2 Å². The molecular weight excluding hydrogens is 386 g/mol. The zero-order chi connectivity index (χ0) is 21.8. The fraction of sp³-hybridized carbons (Fsp3) is 0.154. The highest BCUT2D eigenvalue weighted by Crippen LogP contribution is 2.23. The molecule has 154 valence electrons. The first-order chi connectivity index (χ1) is 15.0. The Labute approximate surface area is 181 Å². The van der Waals surface area contributed by atoms with Gasteiger partial charge in [-0.25, -0.2) is 0 Å². The molecule has 0 fully saturated rings. The van der Waals surface area contributed by atoms with Gasteiger partial charge in [0.2, 0.25) is 0 Å². The summed E-state index contributed by atoms with van der Waals surface area (Å²) in [6.07, 6.45) is 0.377. The van der Waals surface area contributed by atoms with Crippen molar-refractivity contribution >= 4 is 22.5 Å². The van der Waals surface area contributed by atoms with Crippen LogP contribution in [-0.2, 0) is 13.0 Å². The maximum absolute atomic E-state index is 12.9. The van der Waals surface area contributed by atoms with E-state index in [1.54, 1.807) is 0 Å². The van der Waals surface area contributed by atoms with Gasteiger partial charge >= 0.3 is 0 Å². The molecule has 5 heteroatoms. The number of hydrogen-bond donors (Lipinski definition) is 2. The number of para-hydroxylation sites is 1. The lowest BCUT2D eigenvalue weighted by Gasteiger charge is -2.12. The van der Waals surface area contributed by atoms with Gasteiger partial charge < -0.3 is 15.0 Å². The predicted molar refractivity (Wildman–Crippen MR) is 122 cm³/mol. The lowest BCUT2D eigenvalue weighted by molar-refractivity contribution is 0.102. The molecule has 0 spiro atoms. The second kappa shape index (κ2) is 8.76. The van der Waals surface area contributed by atoms with E-state index in [-0.39, 0.29) is 5.91 Å². The number of aromatic amines is 1. The van der Waals surface area contributed by atoms with Crippen LogP contribution in [0.3, 0.4) is 0 Å². The van der Waals surface area contributed by atoms with Crippen LogP contribution in [0, 0.1) is 25.2 Å². The predicted octanol–water partition coefficient (Wildman–Crippen LogP) is 5.68. The van der Waals surface area contributed by atoms with Crippen LogP contribution < -0.4 is 10.1 Å². The molecule has 4 rings (SSSR count). The average molecular weight is 409 g/mol. The first-order valence-electron chi connectivity index (χ1n) is 10.1. The number of aryl methyl sites for hydroxylation is 2. The van der Waals surface area contributed by atoms with Gasteiger partial charge in [-0.15, -0.1) is 0 Å². The topological polar surface area (TPSA) is 77.9 Å². The molecule has 0 aliphatic carbocycles. The number of aromatic nitrogens is 1. The highest BCUT2D eigenvalue weighted by atomic mass is 16.5. The van der Waals surface area contributed by atoms with Crippen LogP contribution in [0.25, 0.3) is 10.9 Å². The van der Waals surface area contributed by atoms with Gasteiger partial charge in [-0.05, 0) is 60.9 Å². The SMILES string of the molecule is Cc1cc(C)c2cc(C(=O)Nc3ccccc3COc3ccc(CC#N)cc3)[nH]c2c1. The zero-order valence-corrected chi connectivity index (χ0v) is 17.5. The third-order valence-corrected chi connectivity index (χ3v) is 5.20. The van der Waals surface area contributed by atoms with Gasteiger partial charge in [-0.2, -0.15) is 5.26 Å². The Kier molecular flexibility index (Phi) is 5.72. The molecule has 0 aliphatic heterocycles. The highest BCUT2D eigenvalue weighted by molar-refractivity contribution is 6.06. The van der Waals surface area contributed by atoms with Crippen molar-refractivity contribution in [3.63, 3.8) is 0 Å². The molecule has 31 heavy (non-hydrogen) atoms. The van der Waals surface area contributed by atoms with Crippen molar-refractivity contribution in [3.05, 3.63) is 94.7 Å². The molecule has 0 radical (unpaired) electrons. The van der Waals surface area contributed by atoms with Gasteiger partial charge in [0.15, 0.2) is 0 Å². The molecule has 1 aromatic heterocycles. The van der Waals surface area contributed by atoms with E-state index in [2.05, 4.69) is 22.4 Å². The van der Waals surface area contributed by atoms with E-state index in [9.17, 15) is 4.79 Å². The number of carbonyl (C=O) groups is 1. The standard InChI is InChI=1S/C26H23N3O2/c1-17-13-18(2)22-15-25(28-24(22)14-17)26(30)29-23-6-4-3-5-20(23)16-31-21-9-7-19(8-10-21)11-12-27/h3-10,13-15,28H,11,16H2,1-2H3,(H,29,30). The lowest BCUT2D eigenvalue weighted by atomic mass is 10.1. The summed E-state index contributed by atoms with van der Waals surface area (Å²) in [7, 11) is 0. The van der Waals surface area contributed by atoms with E-state index in [1.807, 2.05) is 74.5 Å². The molecule has 2 N–H and O–H groups in total.